The first-order valence-corrected chi connectivity index (χ1v) is 10.2. The molecule has 3 aromatic rings. The van der Waals surface area contributed by atoms with Crippen molar-refractivity contribution in [3.05, 3.63) is 48.3 Å². The number of nitrogens with zero attached hydrogens (tertiary/aromatic N) is 3. The number of para-hydroxylation sites is 2. The molecule has 0 radical (unpaired) electrons. The normalized spacial score (nSPS) is 19.8. The molecule has 1 aromatic heterocycles. The van der Waals surface area contributed by atoms with Gasteiger partial charge in [0.1, 0.15) is 11.6 Å². The Kier molecular flexibility index (Phi) is 4.67. The van der Waals surface area contributed by atoms with Gasteiger partial charge in [-0.3, -0.25) is 4.79 Å². The molecule has 7 heteroatoms. The second-order valence-corrected chi connectivity index (χ2v) is 7.73. The first-order chi connectivity index (χ1) is 14.2. The fraction of sp³-hybridized carbons (Fsp3) is 0.364. The molecule has 1 amide bonds. The van der Waals surface area contributed by atoms with Gasteiger partial charge in [-0.2, -0.15) is 0 Å². The fourth-order valence-corrected chi connectivity index (χ4v) is 4.27. The summed E-state index contributed by atoms with van der Waals surface area (Å²) in [6.45, 7) is 3.78. The SMILES string of the molecule is O=C([C@H]1CCCN1)N1CCN(c2ccc(F)c(-c3nc4ccccc4[nH]3)c2)CC1. The van der Waals surface area contributed by atoms with Crippen LogP contribution in [0.4, 0.5) is 10.1 Å². The molecule has 2 aliphatic rings. The molecule has 0 saturated carbocycles. The van der Waals surface area contributed by atoms with Crippen LogP contribution in [0.1, 0.15) is 12.8 Å². The zero-order chi connectivity index (χ0) is 19.8. The van der Waals surface area contributed by atoms with Crippen LogP contribution in [0.3, 0.4) is 0 Å². The van der Waals surface area contributed by atoms with Crippen LogP contribution in [0.2, 0.25) is 0 Å². The zero-order valence-corrected chi connectivity index (χ0v) is 16.2. The van der Waals surface area contributed by atoms with Crippen molar-refractivity contribution in [3.63, 3.8) is 0 Å². The van der Waals surface area contributed by atoms with Crippen molar-refractivity contribution in [1.29, 1.82) is 0 Å². The Morgan fingerprint density at radius 1 is 1.10 bits per heavy atom. The number of hydrogen-bond donors (Lipinski definition) is 2. The molecule has 6 nitrogen and oxygen atoms in total. The molecule has 150 valence electrons. The largest absolute Gasteiger partial charge is 0.368 e. The summed E-state index contributed by atoms with van der Waals surface area (Å²) in [5.74, 6) is 0.449. The number of aromatic amines is 1. The van der Waals surface area contributed by atoms with Gasteiger partial charge >= 0.3 is 0 Å². The van der Waals surface area contributed by atoms with E-state index in [0.29, 0.717) is 24.5 Å². The fourth-order valence-electron chi connectivity index (χ4n) is 4.27. The van der Waals surface area contributed by atoms with Gasteiger partial charge in [-0.15, -0.1) is 0 Å². The summed E-state index contributed by atoms with van der Waals surface area (Å²) in [7, 11) is 0. The number of aromatic nitrogens is 2. The molecular weight excluding hydrogens is 369 g/mol. The number of carbonyl (C=O) groups is 1. The van der Waals surface area contributed by atoms with E-state index in [1.165, 1.54) is 6.07 Å². The Balaban J connectivity index is 1.33. The summed E-state index contributed by atoms with van der Waals surface area (Å²) in [5, 5.41) is 3.28. The molecule has 1 atom stereocenters. The van der Waals surface area contributed by atoms with Crippen LogP contribution in [0.5, 0.6) is 0 Å². The minimum Gasteiger partial charge on any atom is -0.368 e. The summed E-state index contributed by atoms with van der Waals surface area (Å²) in [6, 6.07) is 12.8. The van der Waals surface area contributed by atoms with Crippen molar-refractivity contribution in [3.8, 4) is 11.4 Å². The number of hydrogen-bond acceptors (Lipinski definition) is 4. The molecule has 2 N–H and O–H groups in total. The van der Waals surface area contributed by atoms with Crippen molar-refractivity contribution in [2.75, 3.05) is 37.6 Å². The Labute approximate surface area is 168 Å². The van der Waals surface area contributed by atoms with Crippen LogP contribution < -0.4 is 10.2 Å². The number of amides is 1. The van der Waals surface area contributed by atoms with Crippen molar-refractivity contribution in [2.24, 2.45) is 0 Å². The third-order valence-corrected chi connectivity index (χ3v) is 5.91. The van der Waals surface area contributed by atoms with Gasteiger partial charge in [-0.1, -0.05) is 12.1 Å². The highest BCUT2D eigenvalue weighted by Gasteiger charge is 2.29. The highest BCUT2D eigenvalue weighted by Crippen LogP contribution is 2.28. The lowest BCUT2D eigenvalue weighted by Crippen LogP contribution is -2.53. The molecule has 0 unspecified atom stereocenters. The Hall–Kier alpha value is -2.93. The van der Waals surface area contributed by atoms with E-state index in [4.69, 9.17) is 0 Å². The Bertz CT molecular complexity index is 1000. The highest BCUT2D eigenvalue weighted by atomic mass is 19.1. The van der Waals surface area contributed by atoms with E-state index in [0.717, 1.165) is 49.2 Å². The number of anilines is 1. The van der Waals surface area contributed by atoms with Crippen molar-refractivity contribution >= 4 is 22.6 Å². The standard InChI is InChI=1S/C22H24FN5O/c23-17-8-7-15(14-16(17)21-25-18-4-1-2-5-19(18)26-21)27-10-12-28(13-11-27)22(29)20-6-3-9-24-20/h1-2,4-5,7-8,14,20,24H,3,6,9-13H2,(H,25,26)/t20-/m1/s1. The molecule has 0 bridgehead atoms. The Morgan fingerprint density at radius 3 is 2.69 bits per heavy atom. The first-order valence-electron chi connectivity index (χ1n) is 10.2. The molecule has 2 aromatic carbocycles. The van der Waals surface area contributed by atoms with Crippen LogP contribution in [-0.2, 0) is 4.79 Å². The summed E-state index contributed by atoms with van der Waals surface area (Å²) in [5.41, 5.74) is 3.13. The van der Waals surface area contributed by atoms with Crippen LogP contribution in [-0.4, -0.2) is 59.5 Å². The van der Waals surface area contributed by atoms with Gasteiger partial charge in [0, 0.05) is 31.9 Å². The van der Waals surface area contributed by atoms with Crippen LogP contribution in [0.15, 0.2) is 42.5 Å². The summed E-state index contributed by atoms with van der Waals surface area (Å²) >= 11 is 0. The van der Waals surface area contributed by atoms with Crippen LogP contribution >= 0.6 is 0 Å². The van der Waals surface area contributed by atoms with Crippen molar-refractivity contribution in [1.82, 2.24) is 20.2 Å². The minimum absolute atomic E-state index is 0.0212. The zero-order valence-electron chi connectivity index (χ0n) is 16.2. The van der Waals surface area contributed by atoms with E-state index >= 15 is 0 Å². The van der Waals surface area contributed by atoms with E-state index < -0.39 is 0 Å². The quantitative estimate of drug-likeness (QED) is 0.718. The second-order valence-electron chi connectivity index (χ2n) is 7.73. The maximum Gasteiger partial charge on any atom is 0.239 e. The van der Waals surface area contributed by atoms with Crippen molar-refractivity contribution < 1.29 is 9.18 Å². The van der Waals surface area contributed by atoms with Gasteiger partial charge in [0.05, 0.1) is 22.6 Å². The highest BCUT2D eigenvalue weighted by molar-refractivity contribution is 5.82. The maximum absolute atomic E-state index is 14.6. The summed E-state index contributed by atoms with van der Waals surface area (Å²) in [6.07, 6.45) is 1.99. The predicted octanol–water partition coefficient (Wildman–Crippen LogP) is 2.77. The predicted molar refractivity (Wildman–Crippen MR) is 111 cm³/mol. The average molecular weight is 393 g/mol. The maximum atomic E-state index is 14.6. The first kappa shape index (κ1) is 18.1. The second kappa shape index (κ2) is 7.48. The average Bonchev–Trinajstić information content (AvgIpc) is 3.44. The molecule has 2 fully saturated rings. The number of piperazine rings is 1. The van der Waals surface area contributed by atoms with Gasteiger partial charge in [0.2, 0.25) is 5.91 Å². The minimum atomic E-state index is -0.297. The number of carbonyl (C=O) groups excluding carboxylic acids is 1. The summed E-state index contributed by atoms with van der Waals surface area (Å²) in [4.78, 5) is 24.5. The van der Waals surface area contributed by atoms with Gasteiger partial charge < -0.3 is 20.1 Å². The lowest BCUT2D eigenvalue weighted by molar-refractivity contribution is -0.133. The monoisotopic (exact) mass is 393 g/mol. The molecule has 5 rings (SSSR count). The lowest BCUT2D eigenvalue weighted by atomic mass is 10.1. The number of H-pyrrole nitrogens is 1. The number of imidazole rings is 1. The molecule has 0 aliphatic carbocycles. The van der Waals surface area contributed by atoms with E-state index in [-0.39, 0.29) is 17.8 Å². The van der Waals surface area contributed by atoms with Gasteiger partial charge in [-0.25, -0.2) is 9.37 Å². The smallest absolute Gasteiger partial charge is 0.239 e. The summed E-state index contributed by atoms with van der Waals surface area (Å²) < 4.78 is 14.6. The van der Waals surface area contributed by atoms with E-state index in [1.807, 2.05) is 35.2 Å². The Morgan fingerprint density at radius 2 is 1.93 bits per heavy atom. The van der Waals surface area contributed by atoms with Gasteiger partial charge in [0.15, 0.2) is 0 Å². The lowest BCUT2D eigenvalue weighted by Gasteiger charge is -2.37. The third-order valence-electron chi connectivity index (χ3n) is 5.91. The molecule has 29 heavy (non-hydrogen) atoms. The number of fused-ring (bicyclic) bond motifs is 1. The molecular formula is C22H24FN5O. The van der Waals surface area contributed by atoms with Crippen LogP contribution in [0, 0.1) is 5.82 Å². The number of nitrogens with one attached hydrogen (secondary N) is 2. The third kappa shape index (κ3) is 3.46. The number of rotatable bonds is 3. The molecule has 2 aliphatic heterocycles. The topological polar surface area (TPSA) is 64.3 Å². The molecule has 2 saturated heterocycles. The number of halogens is 1. The van der Waals surface area contributed by atoms with Gasteiger partial charge in [-0.05, 0) is 49.7 Å². The van der Waals surface area contributed by atoms with E-state index in [1.54, 1.807) is 6.07 Å². The van der Waals surface area contributed by atoms with Gasteiger partial charge in [0.25, 0.3) is 0 Å². The number of benzene rings is 2. The van der Waals surface area contributed by atoms with Crippen LogP contribution in [0.25, 0.3) is 22.4 Å². The molecule has 0 spiro atoms. The van der Waals surface area contributed by atoms with E-state index in [9.17, 15) is 9.18 Å². The van der Waals surface area contributed by atoms with E-state index in [2.05, 4.69) is 20.2 Å². The van der Waals surface area contributed by atoms with Crippen molar-refractivity contribution in [2.45, 2.75) is 18.9 Å². The molecule has 3 heterocycles.